The van der Waals surface area contributed by atoms with Gasteiger partial charge in [0.05, 0.1) is 4.47 Å². The molecule has 0 saturated carbocycles. The molecule has 0 aromatic carbocycles. The van der Waals surface area contributed by atoms with Gasteiger partial charge < -0.3 is 10.6 Å². The van der Waals surface area contributed by atoms with Gasteiger partial charge in [0.15, 0.2) is 0 Å². The average Bonchev–Trinajstić information content (AvgIpc) is 2.30. The number of unbranched alkanes of at least 4 members (excludes halogenated alkanes) is 1. The minimum absolute atomic E-state index is 0.684. The molecule has 0 radical (unpaired) electrons. The van der Waals surface area contributed by atoms with Gasteiger partial charge in [-0.05, 0) is 28.8 Å². The average molecular weight is 287 g/mol. The Bertz CT molecular complexity index is 317. The van der Waals surface area contributed by atoms with Gasteiger partial charge in [-0.1, -0.05) is 20.3 Å². The van der Waals surface area contributed by atoms with Crippen LogP contribution in [0.5, 0.6) is 0 Å². The monoisotopic (exact) mass is 286 g/mol. The van der Waals surface area contributed by atoms with E-state index in [4.69, 9.17) is 0 Å². The molecule has 0 bridgehead atoms. The van der Waals surface area contributed by atoms with Gasteiger partial charge >= 0.3 is 0 Å². The van der Waals surface area contributed by atoms with Crippen molar-refractivity contribution in [2.24, 2.45) is 0 Å². The van der Waals surface area contributed by atoms with Crippen LogP contribution < -0.4 is 10.6 Å². The van der Waals surface area contributed by atoms with E-state index in [1.807, 2.05) is 0 Å². The third kappa shape index (κ3) is 4.35. The lowest BCUT2D eigenvalue weighted by Crippen LogP contribution is -2.08. The molecule has 1 heterocycles. The summed E-state index contributed by atoms with van der Waals surface area (Å²) in [5.74, 6) is 1.55. The van der Waals surface area contributed by atoms with E-state index in [1.165, 1.54) is 6.42 Å². The highest BCUT2D eigenvalue weighted by atomic mass is 79.9. The Morgan fingerprint density at radius 2 is 2.00 bits per heavy atom. The molecule has 2 N–H and O–H groups in total. The quantitative estimate of drug-likeness (QED) is 0.756. The summed E-state index contributed by atoms with van der Waals surface area (Å²) in [6, 6.07) is 0. The summed E-state index contributed by atoms with van der Waals surface area (Å²) in [5.41, 5.74) is 0. The second kappa shape index (κ2) is 7.44. The Morgan fingerprint density at radius 1 is 1.19 bits per heavy atom. The Labute approximate surface area is 105 Å². The number of nitrogens with zero attached hydrogens (tertiary/aromatic N) is 2. The van der Waals surface area contributed by atoms with E-state index >= 15 is 0 Å². The van der Waals surface area contributed by atoms with Gasteiger partial charge in [-0.3, -0.25) is 0 Å². The molecule has 0 unspecified atom stereocenters. The van der Waals surface area contributed by atoms with Crippen LogP contribution >= 0.6 is 15.9 Å². The predicted molar refractivity (Wildman–Crippen MR) is 71.9 cm³/mol. The third-order valence-electron chi connectivity index (χ3n) is 2.10. The molecule has 0 aliphatic heterocycles. The first-order valence-corrected chi connectivity index (χ1v) is 6.57. The lowest BCUT2D eigenvalue weighted by molar-refractivity contribution is 0.829. The van der Waals surface area contributed by atoms with Crippen molar-refractivity contribution in [3.8, 4) is 0 Å². The Balaban J connectivity index is 2.59. The fourth-order valence-corrected chi connectivity index (χ4v) is 1.53. The SMILES string of the molecule is CCCCNc1nc(NCCC)ncc1Br. The molecule has 0 spiro atoms. The molecular weight excluding hydrogens is 268 g/mol. The smallest absolute Gasteiger partial charge is 0.224 e. The highest BCUT2D eigenvalue weighted by Crippen LogP contribution is 2.19. The Kier molecular flexibility index (Phi) is 6.15. The summed E-state index contributed by atoms with van der Waals surface area (Å²) in [4.78, 5) is 8.60. The molecule has 0 fully saturated rings. The standard InChI is InChI=1S/C11H19BrN4/c1-3-5-7-13-10-9(12)8-15-11(16-10)14-6-4-2/h8H,3-7H2,1-2H3,(H2,13,14,15,16). The van der Waals surface area contributed by atoms with E-state index in [-0.39, 0.29) is 0 Å². The van der Waals surface area contributed by atoms with Crippen LogP contribution in [0.2, 0.25) is 0 Å². The molecule has 1 aromatic heterocycles. The number of hydrogen-bond acceptors (Lipinski definition) is 4. The summed E-state index contributed by atoms with van der Waals surface area (Å²) in [5, 5.41) is 6.46. The van der Waals surface area contributed by atoms with Crippen molar-refractivity contribution in [3.63, 3.8) is 0 Å². The zero-order valence-corrected chi connectivity index (χ0v) is 11.5. The maximum atomic E-state index is 4.40. The van der Waals surface area contributed by atoms with Crippen molar-refractivity contribution < 1.29 is 0 Å². The number of aromatic nitrogens is 2. The third-order valence-corrected chi connectivity index (χ3v) is 2.68. The van der Waals surface area contributed by atoms with Gasteiger partial charge in [0, 0.05) is 19.3 Å². The molecule has 0 saturated heterocycles. The normalized spacial score (nSPS) is 10.2. The number of nitrogens with one attached hydrogen (secondary N) is 2. The van der Waals surface area contributed by atoms with Crippen molar-refractivity contribution in [2.45, 2.75) is 33.1 Å². The zero-order chi connectivity index (χ0) is 11.8. The fourth-order valence-electron chi connectivity index (χ4n) is 1.20. The molecule has 0 aliphatic carbocycles. The minimum atomic E-state index is 0.684. The van der Waals surface area contributed by atoms with Gasteiger partial charge in [-0.15, -0.1) is 0 Å². The van der Waals surface area contributed by atoms with Crippen LogP contribution in [0.25, 0.3) is 0 Å². The summed E-state index contributed by atoms with van der Waals surface area (Å²) >= 11 is 3.44. The highest BCUT2D eigenvalue weighted by molar-refractivity contribution is 9.10. The molecule has 16 heavy (non-hydrogen) atoms. The number of rotatable bonds is 7. The largest absolute Gasteiger partial charge is 0.369 e. The van der Waals surface area contributed by atoms with Crippen molar-refractivity contribution >= 4 is 27.7 Å². The molecule has 0 aliphatic rings. The maximum absolute atomic E-state index is 4.40. The van der Waals surface area contributed by atoms with Crippen LogP contribution in [0, 0.1) is 0 Å². The zero-order valence-electron chi connectivity index (χ0n) is 9.89. The highest BCUT2D eigenvalue weighted by Gasteiger charge is 2.03. The molecule has 1 aromatic rings. The van der Waals surface area contributed by atoms with Crippen LogP contribution in [0.15, 0.2) is 10.7 Å². The van der Waals surface area contributed by atoms with Crippen LogP contribution in [-0.4, -0.2) is 23.1 Å². The second-order valence-corrected chi connectivity index (χ2v) is 4.45. The van der Waals surface area contributed by atoms with Crippen LogP contribution in [0.3, 0.4) is 0 Å². The molecule has 90 valence electrons. The molecule has 0 amide bonds. The first kappa shape index (κ1) is 13.2. The van der Waals surface area contributed by atoms with Crippen molar-refractivity contribution in [2.75, 3.05) is 23.7 Å². The van der Waals surface area contributed by atoms with Crippen molar-refractivity contribution in [3.05, 3.63) is 10.7 Å². The van der Waals surface area contributed by atoms with Crippen molar-refractivity contribution in [1.82, 2.24) is 9.97 Å². The number of anilines is 2. The molecule has 1 rings (SSSR count). The van der Waals surface area contributed by atoms with E-state index in [2.05, 4.69) is 50.4 Å². The molecular formula is C11H19BrN4. The van der Waals surface area contributed by atoms with E-state index in [1.54, 1.807) is 6.20 Å². The summed E-state index contributed by atoms with van der Waals surface area (Å²) in [6.45, 7) is 6.13. The van der Waals surface area contributed by atoms with Crippen LogP contribution in [0.4, 0.5) is 11.8 Å². The second-order valence-electron chi connectivity index (χ2n) is 3.60. The Morgan fingerprint density at radius 3 is 2.69 bits per heavy atom. The number of hydrogen-bond donors (Lipinski definition) is 2. The molecule has 0 atom stereocenters. The number of halogens is 1. The fraction of sp³-hybridized carbons (Fsp3) is 0.636. The van der Waals surface area contributed by atoms with E-state index in [0.29, 0.717) is 5.95 Å². The van der Waals surface area contributed by atoms with Gasteiger partial charge in [0.1, 0.15) is 5.82 Å². The lowest BCUT2D eigenvalue weighted by Gasteiger charge is -2.09. The van der Waals surface area contributed by atoms with Gasteiger partial charge in [-0.25, -0.2) is 4.98 Å². The predicted octanol–water partition coefficient (Wildman–Crippen LogP) is 3.27. The van der Waals surface area contributed by atoms with Crippen LogP contribution in [-0.2, 0) is 0 Å². The van der Waals surface area contributed by atoms with Gasteiger partial charge in [0.2, 0.25) is 5.95 Å². The summed E-state index contributed by atoms with van der Waals surface area (Å²) in [7, 11) is 0. The topological polar surface area (TPSA) is 49.8 Å². The maximum Gasteiger partial charge on any atom is 0.224 e. The first-order valence-electron chi connectivity index (χ1n) is 5.78. The van der Waals surface area contributed by atoms with Crippen molar-refractivity contribution in [1.29, 1.82) is 0 Å². The van der Waals surface area contributed by atoms with Gasteiger partial charge in [0.25, 0.3) is 0 Å². The Hall–Kier alpha value is -0.840. The molecule has 5 heteroatoms. The first-order chi connectivity index (χ1) is 7.77. The summed E-state index contributed by atoms with van der Waals surface area (Å²) < 4.78 is 0.908. The lowest BCUT2D eigenvalue weighted by atomic mass is 10.3. The van der Waals surface area contributed by atoms with Gasteiger partial charge in [-0.2, -0.15) is 4.98 Å². The van der Waals surface area contributed by atoms with E-state index in [9.17, 15) is 0 Å². The van der Waals surface area contributed by atoms with E-state index < -0.39 is 0 Å². The summed E-state index contributed by atoms with van der Waals surface area (Å²) in [6.07, 6.45) is 5.17. The minimum Gasteiger partial charge on any atom is -0.369 e. The van der Waals surface area contributed by atoms with E-state index in [0.717, 1.165) is 36.2 Å². The molecule has 4 nitrogen and oxygen atoms in total. The van der Waals surface area contributed by atoms with Crippen LogP contribution in [0.1, 0.15) is 33.1 Å².